The highest BCUT2D eigenvalue weighted by Gasteiger charge is 2.30. The van der Waals surface area contributed by atoms with Crippen LogP contribution in [0.3, 0.4) is 0 Å². The molecule has 2 aliphatic heterocycles. The second-order valence-electron chi connectivity index (χ2n) is 7.70. The summed E-state index contributed by atoms with van der Waals surface area (Å²) < 4.78 is 47.2. The van der Waals surface area contributed by atoms with Crippen molar-refractivity contribution in [3.8, 4) is 17.4 Å². The van der Waals surface area contributed by atoms with Crippen molar-refractivity contribution in [3.05, 3.63) is 69.9 Å². The minimum atomic E-state index is -0.865. The van der Waals surface area contributed by atoms with Gasteiger partial charge >= 0.3 is 5.69 Å². The Balaban J connectivity index is 1.33. The Kier molecular flexibility index (Phi) is 5.22. The Hall–Kier alpha value is -3.53. The summed E-state index contributed by atoms with van der Waals surface area (Å²) >= 11 is 0. The van der Waals surface area contributed by atoms with E-state index in [4.69, 9.17) is 14.2 Å². The van der Waals surface area contributed by atoms with Crippen molar-refractivity contribution in [3.63, 3.8) is 0 Å². The fraction of sp³-hybridized carbons (Fsp3) is 0.318. The maximum Gasteiger partial charge on any atom is 0.352 e. The standard InChI is InChI=1S/C22H20F2N4O4/c1-13-6-15(2-3-25-13)32-21-17(23)7-14(8-18(21)24)12-31-19-9-20-27-4-5-30-16(10-27)11-28(20)22(29)26-19/h2-3,6-9,16H,4-5,10-12H2,1H3/t16-/m0/s1. The summed E-state index contributed by atoms with van der Waals surface area (Å²) in [7, 11) is 0. The van der Waals surface area contributed by atoms with E-state index in [1.165, 1.54) is 12.3 Å². The third-order valence-corrected chi connectivity index (χ3v) is 5.35. The van der Waals surface area contributed by atoms with Gasteiger partial charge in [0.15, 0.2) is 17.4 Å². The van der Waals surface area contributed by atoms with Crippen molar-refractivity contribution >= 4 is 5.82 Å². The van der Waals surface area contributed by atoms with Crippen LogP contribution in [0.1, 0.15) is 11.3 Å². The van der Waals surface area contributed by atoms with Gasteiger partial charge in [-0.3, -0.25) is 9.55 Å². The van der Waals surface area contributed by atoms with Gasteiger partial charge in [-0.1, -0.05) is 0 Å². The molecule has 8 nitrogen and oxygen atoms in total. The Morgan fingerprint density at radius 3 is 2.78 bits per heavy atom. The van der Waals surface area contributed by atoms with Gasteiger partial charge in [-0.05, 0) is 30.7 Å². The molecular formula is C22H20F2N4O4. The largest absolute Gasteiger partial charge is 0.473 e. The van der Waals surface area contributed by atoms with Crippen LogP contribution in [0, 0.1) is 18.6 Å². The fourth-order valence-corrected chi connectivity index (χ4v) is 3.87. The van der Waals surface area contributed by atoms with E-state index >= 15 is 0 Å². The number of nitrogens with zero attached hydrogens (tertiary/aromatic N) is 4. The normalized spacial score (nSPS) is 17.1. The molecule has 166 valence electrons. The Morgan fingerprint density at radius 1 is 1.19 bits per heavy atom. The van der Waals surface area contributed by atoms with Crippen LogP contribution in [0.2, 0.25) is 0 Å². The monoisotopic (exact) mass is 442 g/mol. The van der Waals surface area contributed by atoms with Crippen molar-refractivity contribution in [2.45, 2.75) is 26.2 Å². The zero-order chi connectivity index (χ0) is 22.2. The molecule has 4 heterocycles. The van der Waals surface area contributed by atoms with Gasteiger partial charge in [0, 0.05) is 37.1 Å². The second-order valence-corrected chi connectivity index (χ2v) is 7.70. The maximum atomic E-state index is 14.5. The molecular weight excluding hydrogens is 422 g/mol. The Morgan fingerprint density at radius 2 is 2.00 bits per heavy atom. The number of anilines is 1. The van der Waals surface area contributed by atoms with Crippen LogP contribution in [0.4, 0.5) is 14.6 Å². The first kappa shape index (κ1) is 20.4. The van der Waals surface area contributed by atoms with E-state index in [1.807, 2.05) is 4.90 Å². The molecule has 1 atom stereocenters. The first-order valence-electron chi connectivity index (χ1n) is 10.2. The minimum Gasteiger partial charge on any atom is -0.473 e. The molecule has 1 fully saturated rings. The predicted molar refractivity (Wildman–Crippen MR) is 110 cm³/mol. The van der Waals surface area contributed by atoms with E-state index in [-0.39, 0.29) is 29.9 Å². The van der Waals surface area contributed by atoms with Gasteiger partial charge in [0.1, 0.15) is 18.2 Å². The molecule has 0 spiro atoms. The number of aryl methyl sites for hydroxylation is 1. The lowest BCUT2D eigenvalue weighted by Gasteiger charge is -2.40. The topological polar surface area (TPSA) is 78.7 Å². The van der Waals surface area contributed by atoms with E-state index in [9.17, 15) is 13.6 Å². The molecule has 10 heteroatoms. The summed E-state index contributed by atoms with van der Waals surface area (Å²) in [5, 5.41) is 0. The van der Waals surface area contributed by atoms with Gasteiger partial charge in [0.05, 0.1) is 19.3 Å². The van der Waals surface area contributed by atoms with E-state index in [0.29, 0.717) is 37.8 Å². The van der Waals surface area contributed by atoms with E-state index in [0.717, 1.165) is 12.1 Å². The van der Waals surface area contributed by atoms with Crippen LogP contribution >= 0.6 is 0 Å². The van der Waals surface area contributed by atoms with Crippen molar-refractivity contribution in [1.82, 2.24) is 14.5 Å². The highest BCUT2D eigenvalue weighted by molar-refractivity contribution is 5.45. The van der Waals surface area contributed by atoms with Gasteiger partial charge in [-0.2, -0.15) is 4.98 Å². The number of hydrogen-bond acceptors (Lipinski definition) is 7. The molecule has 0 unspecified atom stereocenters. The molecule has 32 heavy (non-hydrogen) atoms. The van der Waals surface area contributed by atoms with Crippen LogP contribution in [0.5, 0.6) is 17.4 Å². The quantitative estimate of drug-likeness (QED) is 0.601. The van der Waals surface area contributed by atoms with Crippen LogP contribution in [0.25, 0.3) is 0 Å². The average Bonchev–Trinajstić information content (AvgIpc) is 2.76. The number of pyridine rings is 1. The van der Waals surface area contributed by atoms with Gasteiger partial charge in [0.2, 0.25) is 5.88 Å². The first-order valence-corrected chi connectivity index (χ1v) is 10.2. The van der Waals surface area contributed by atoms with Crippen molar-refractivity contribution in [2.75, 3.05) is 24.6 Å². The van der Waals surface area contributed by atoms with Crippen LogP contribution in [0.15, 0.2) is 41.3 Å². The van der Waals surface area contributed by atoms with Crippen molar-refractivity contribution < 1.29 is 23.0 Å². The number of hydrogen-bond donors (Lipinski definition) is 0. The van der Waals surface area contributed by atoms with Gasteiger partial charge < -0.3 is 19.1 Å². The van der Waals surface area contributed by atoms with Gasteiger partial charge in [0.25, 0.3) is 0 Å². The number of halogens is 2. The highest BCUT2D eigenvalue weighted by atomic mass is 19.1. The number of rotatable bonds is 5. The summed E-state index contributed by atoms with van der Waals surface area (Å²) in [6.45, 7) is 3.96. The lowest BCUT2D eigenvalue weighted by Crippen LogP contribution is -2.52. The molecule has 0 radical (unpaired) electrons. The van der Waals surface area contributed by atoms with Gasteiger partial charge in [-0.25, -0.2) is 13.6 Å². The third kappa shape index (κ3) is 4.01. The summed E-state index contributed by atoms with van der Waals surface area (Å²) in [5.74, 6) is -1.16. The van der Waals surface area contributed by atoms with Crippen molar-refractivity contribution in [2.24, 2.45) is 0 Å². The molecule has 5 rings (SSSR count). The molecule has 0 N–H and O–H groups in total. The molecule has 0 aliphatic carbocycles. The zero-order valence-corrected chi connectivity index (χ0v) is 17.3. The number of ether oxygens (including phenoxy) is 3. The zero-order valence-electron chi connectivity index (χ0n) is 17.3. The third-order valence-electron chi connectivity index (χ3n) is 5.35. The summed E-state index contributed by atoms with van der Waals surface area (Å²) in [6.07, 6.45) is 1.46. The highest BCUT2D eigenvalue weighted by Crippen LogP contribution is 2.30. The van der Waals surface area contributed by atoms with E-state index in [1.54, 1.807) is 23.6 Å². The number of fused-ring (bicyclic) bond motifs is 4. The number of morpholine rings is 1. The molecule has 0 saturated carbocycles. The maximum absolute atomic E-state index is 14.5. The average molecular weight is 442 g/mol. The number of aromatic nitrogens is 3. The van der Waals surface area contributed by atoms with Crippen molar-refractivity contribution in [1.29, 1.82) is 0 Å². The summed E-state index contributed by atoms with van der Waals surface area (Å²) in [4.78, 5) is 22.4. The van der Waals surface area contributed by atoms with E-state index in [2.05, 4.69) is 9.97 Å². The van der Waals surface area contributed by atoms with Crippen LogP contribution in [-0.2, 0) is 17.9 Å². The Bertz CT molecular complexity index is 1210. The molecule has 1 saturated heterocycles. The summed E-state index contributed by atoms with van der Waals surface area (Å²) in [5.41, 5.74) is 0.449. The molecule has 3 aromatic rings. The van der Waals surface area contributed by atoms with Gasteiger partial charge in [-0.15, -0.1) is 0 Å². The summed E-state index contributed by atoms with van der Waals surface area (Å²) in [6, 6.07) is 7.01. The van der Waals surface area contributed by atoms with Crippen LogP contribution < -0.4 is 20.1 Å². The molecule has 2 bridgehead atoms. The smallest absolute Gasteiger partial charge is 0.352 e. The molecule has 2 aromatic heterocycles. The molecule has 0 amide bonds. The fourth-order valence-electron chi connectivity index (χ4n) is 3.87. The van der Waals surface area contributed by atoms with E-state index < -0.39 is 23.1 Å². The minimum absolute atomic E-state index is 0.0368. The Labute approximate surface area is 182 Å². The molecule has 2 aliphatic rings. The predicted octanol–water partition coefficient (Wildman–Crippen LogP) is 2.82. The number of benzene rings is 1. The second kappa shape index (κ2) is 8.19. The lowest BCUT2D eigenvalue weighted by atomic mass is 10.2. The first-order chi connectivity index (χ1) is 15.5. The van der Waals surface area contributed by atoms with Crippen LogP contribution in [-0.4, -0.2) is 40.3 Å². The SMILES string of the molecule is Cc1cc(Oc2c(F)cc(COc3cc4n(c(=O)n3)C[C@@H]3CN4CCO3)cc2F)ccn1. The lowest BCUT2D eigenvalue weighted by molar-refractivity contribution is 0.0195. The molecule has 1 aromatic carbocycles.